The van der Waals surface area contributed by atoms with E-state index in [1.165, 1.54) is 10.5 Å². The summed E-state index contributed by atoms with van der Waals surface area (Å²) in [5, 5.41) is 0.126. The first-order valence-corrected chi connectivity index (χ1v) is 7.38. The zero-order valence-corrected chi connectivity index (χ0v) is 11.7. The van der Waals surface area contributed by atoms with Gasteiger partial charge in [-0.1, -0.05) is 6.92 Å². The molecule has 0 aliphatic heterocycles. The molecule has 102 valence electrons. The fraction of sp³-hybridized carbons (Fsp3) is 0.333. The van der Waals surface area contributed by atoms with Crippen LogP contribution in [0.5, 0.6) is 0 Å². The van der Waals surface area contributed by atoms with Gasteiger partial charge in [0.1, 0.15) is 5.82 Å². The molecule has 0 saturated carbocycles. The molecule has 1 N–H and O–H groups in total. The minimum atomic E-state index is -3.53. The van der Waals surface area contributed by atoms with Gasteiger partial charge in [-0.2, -0.15) is 4.31 Å². The summed E-state index contributed by atoms with van der Waals surface area (Å²) < 4.78 is 26.2. The first-order chi connectivity index (χ1) is 9.04. The van der Waals surface area contributed by atoms with Crippen LogP contribution in [0.2, 0.25) is 0 Å². The number of nitrogens with one attached hydrogen (secondary N) is 1. The first kappa shape index (κ1) is 13.7. The number of sulfonamides is 1. The van der Waals surface area contributed by atoms with Crippen molar-refractivity contribution < 1.29 is 8.42 Å². The third-order valence-electron chi connectivity index (χ3n) is 2.76. The van der Waals surface area contributed by atoms with Crippen LogP contribution < -0.4 is 0 Å². The van der Waals surface area contributed by atoms with Crippen LogP contribution >= 0.6 is 0 Å². The lowest BCUT2D eigenvalue weighted by atomic mass is 10.3. The van der Waals surface area contributed by atoms with Gasteiger partial charge in [-0.15, -0.1) is 0 Å². The molecule has 19 heavy (non-hydrogen) atoms. The summed E-state index contributed by atoms with van der Waals surface area (Å²) in [6.45, 7) is 4.24. The second-order valence-electron chi connectivity index (χ2n) is 4.12. The molecule has 0 spiro atoms. The van der Waals surface area contributed by atoms with Crippen LogP contribution in [-0.4, -0.2) is 34.2 Å². The highest BCUT2D eigenvalue weighted by Crippen LogP contribution is 2.16. The number of aromatic amines is 1. The second-order valence-corrected chi connectivity index (χ2v) is 6.03. The van der Waals surface area contributed by atoms with Crippen LogP contribution in [0, 0.1) is 6.92 Å². The van der Waals surface area contributed by atoms with Crippen molar-refractivity contribution in [1.29, 1.82) is 0 Å². The number of aromatic nitrogens is 3. The number of hydrogen-bond acceptors (Lipinski definition) is 4. The molecule has 0 saturated heterocycles. The van der Waals surface area contributed by atoms with Gasteiger partial charge in [-0.25, -0.2) is 13.4 Å². The van der Waals surface area contributed by atoms with Crippen LogP contribution in [0.15, 0.2) is 35.7 Å². The van der Waals surface area contributed by atoms with E-state index in [1.54, 1.807) is 31.5 Å². The monoisotopic (exact) mass is 280 g/mol. The molecule has 0 aromatic carbocycles. The van der Waals surface area contributed by atoms with E-state index in [0.29, 0.717) is 18.9 Å². The van der Waals surface area contributed by atoms with E-state index in [1.807, 2.05) is 6.92 Å². The number of aryl methyl sites for hydroxylation is 1. The minimum absolute atomic E-state index is 0.126. The SMILES string of the molecule is CCN(Cc1ccncc1)S(=O)(=O)c1cnc(C)[nH]1. The molecule has 2 aromatic heterocycles. The van der Waals surface area contributed by atoms with Gasteiger partial charge in [-0.3, -0.25) is 4.98 Å². The average molecular weight is 280 g/mol. The fourth-order valence-corrected chi connectivity index (χ4v) is 3.13. The van der Waals surface area contributed by atoms with Gasteiger partial charge in [0.25, 0.3) is 10.0 Å². The Morgan fingerprint density at radius 2 is 2.00 bits per heavy atom. The highest BCUT2D eigenvalue weighted by Gasteiger charge is 2.24. The van der Waals surface area contributed by atoms with Crippen LogP contribution in [0.3, 0.4) is 0 Å². The molecule has 7 heteroatoms. The summed E-state index contributed by atoms with van der Waals surface area (Å²) in [5.41, 5.74) is 0.900. The molecule has 2 rings (SSSR count). The molecule has 0 bridgehead atoms. The maximum atomic E-state index is 12.4. The van der Waals surface area contributed by atoms with Crippen molar-refractivity contribution in [2.45, 2.75) is 25.4 Å². The van der Waals surface area contributed by atoms with E-state index < -0.39 is 10.0 Å². The Bertz CT molecular complexity index is 637. The molecule has 0 aliphatic rings. The number of rotatable bonds is 5. The van der Waals surface area contributed by atoms with Crippen molar-refractivity contribution in [3.63, 3.8) is 0 Å². The van der Waals surface area contributed by atoms with E-state index in [2.05, 4.69) is 15.0 Å². The van der Waals surface area contributed by atoms with Crippen molar-refractivity contribution in [1.82, 2.24) is 19.3 Å². The standard InChI is InChI=1S/C12H16N4O2S/c1-3-16(9-11-4-6-13-7-5-11)19(17,18)12-8-14-10(2)15-12/h4-8H,3,9H2,1-2H3,(H,14,15). The number of pyridine rings is 1. The highest BCUT2D eigenvalue weighted by molar-refractivity contribution is 7.89. The van der Waals surface area contributed by atoms with Gasteiger partial charge in [0.15, 0.2) is 5.03 Å². The van der Waals surface area contributed by atoms with Gasteiger partial charge < -0.3 is 4.98 Å². The Balaban J connectivity index is 2.27. The van der Waals surface area contributed by atoms with Crippen molar-refractivity contribution >= 4 is 10.0 Å². The minimum Gasteiger partial charge on any atom is -0.332 e. The molecular weight excluding hydrogens is 264 g/mol. The molecule has 0 radical (unpaired) electrons. The average Bonchev–Trinajstić information content (AvgIpc) is 2.84. The molecule has 2 aromatic rings. The number of nitrogens with zero attached hydrogens (tertiary/aromatic N) is 3. The number of imidazole rings is 1. The lowest BCUT2D eigenvalue weighted by Gasteiger charge is -2.19. The lowest BCUT2D eigenvalue weighted by molar-refractivity contribution is 0.421. The summed E-state index contributed by atoms with van der Waals surface area (Å²) in [7, 11) is -3.53. The van der Waals surface area contributed by atoms with Crippen LogP contribution in [0.1, 0.15) is 18.3 Å². The van der Waals surface area contributed by atoms with Crippen LogP contribution in [-0.2, 0) is 16.6 Å². The molecule has 2 heterocycles. The predicted molar refractivity (Wildman–Crippen MR) is 70.8 cm³/mol. The summed E-state index contributed by atoms with van der Waals surface area (Å²) in [4.78, 5) is 10.6. The third-order valence-corrected chi connectivity index (χ3v) is 4.59. The summed E-state index contributed by atoms with van der Waals surface area (Å²) in [5.74, 6) is 0.582. The Labute approximate surface area is 112 Å². The molecule has 0 fully saturated rings. The van der Waals surface area contributed by atoms with E-state index >= 15 is 0 Å². The first-order valence-electron chi connectivity index (χ1n) is 5.94. The fourth-order valence-electron chi connectivity index (χ4n) is 1.73. The van der Waals surface area contributed by atoms with E-state index in [4.69, 9.17) is 0 Å². The van der Waals surface area contributed by atoms with Gasteiger partial charge in [0, 0.05) is 25.5 Å². The quantitative estimate of drug-likeness (QED) is 0.896. The topological polar surface area (TPSA) is 79.0 Å². The molecule has 0 aliphatic carbocycles. The molecular formula is C12H16N4O2S. The Morgan fingerprint density at radius 3 is 2.53 bits per heavy atom. The number of hydrogen-bond donors (Lipinski definition) is 1. The zero-order chi connectivity index (χ0) is 13.9. The van der Waals surface area contributed by atoms with E-state index in [-0.39, 0.29) is 5.03 Å². The smallest absolute Gasteiger partial charge is 0.260 e. The van der Waals surface area contributed by atoms with Gasteiger partial charge in [0.05, 0.1) is 6.20 Å². The molecule has 0 unspecified atom stereocenters. The van der Waals surface area contributed by atoms with E-state index in [0.717, 1.165) is 5.56 Å². The van der Waals surface area contributed by atoms with Crippen molar-refractivity contribution in [3.8, 4) is 0 Å². The molecule has 0 atom stereocenters. The van der Waals surface area contributed by atoms with Crippen LogP contribution in [0.4, 0.5) is 0 Å². The summed E-state index contributed by atoms with van der Waals surface area (Å²) in [6.07, 6.45) is 4.64. The maximum Gasteiger partial charge on any atom is 0.260 e. The zero-order valence-electron chi connectivity index (χ0n) is 10.9. The largest absolute Gasteiger partial charge is 0.332 e. The third kappa shape index (κ3) is 2.99. The predicted octanol–water partition coefficient (Wildman–Crippen LogP) is 1.32. The van der Waals surface area contributed by atoms with E-state index in [9.17, 15) is 8.42 Å². The number of H-pyrrole nitrogens is 1. The Morgan fingerprint density at radius 1 is 1.32 bits per heavy atom. The van der Waals surface area contributed by atoms with Crippen molar-refractivity contribution in [2.24, 2.45) is 0 Å². The summed E-state index contributed by atoms with van der Waals surface area (Å²) in [6, 6.07) is 3.60. The Kier molecular flexibility index (Phi) is 3.96. The van der Waals surface area contributed by atoms with Crippen molar-refractivity contribution in [3.05, 3.63) is 42.1 Å². The van der Waals surface area contributed by atoms with Crippen LogP contribution in [0.25, 0.3) is 0 Å². The highest BCUT2D eigenvalue weighted by atomic mass is 32.2. The van der Waals surface area contributed by atoms with Gasteiger partial charge in [0.2, 0.25) is 0 Å². The molecule has 0 amide bonds. The maximum absolute atomic E-state index is 12.4. The summed E-state index contributed by atoms with van der Waals surface area (Å²) >= 11 is 0. The van der Waals surface area contributed by atoms with Gasteiger partial charge in [-0.05, 0) is 24.6 Å². The molecule has 6 nitrogen and oxygen atoms in total. The second kappa shape index (κ2) is 5.50. The lowest BCUT2D eigenvalue weighted by Crippen LogP contribution is -2.30. The normalized spacial score (nSPS) is 11.9. The van der Waals surface area contributed by atoms with Gasteiger partial charge >= 0.3 is 0 Å². The van der Waals surface area contributed by atoms with Crippen molar-refractivity contribution in [2.75, 3.05) is 6.54 Å². The Hall–Kier alpha value is -1.73.